The number of carboxylic acid groups (broad SMARTS) is 1. The molecule has 1 aromatic carbocycles. The number of halogens is 4. The van der Waals surface area contributed by atoms with E-state index in [1.165, 1.54) is 38.3 Å². The minimum absolute atomic E-state index is 0.0228. The molecule has 0 saturated heterocycles. The molecule has 2 aliphatic carbocycles. The van der Waals surface area contributed by atoms with Crippen molar-refractivity contribution in [3.63, 3.8) is 0 Å². The zero-order chi connectivity index (χ0) is 30.9. The van der Waals surface area contributed by atoms with Crippen LogP contribution < -0.4 is 15.8 Å². The molecule has 0 aliphatic heterocycles. The van der Waals surface area contributed by atoms with Gasteiger partial charge in [-0.15, -0.1) is 0 Å². The van der Waals surface area contributed by atoms with Crippen LogP contribution in [0.15, 0.2) is 30.5 Å². The Balaban J connectivity index is 0.000000616. The number of hydrazine groups is 1. The zero-order valence-electron chi connectivity index (χ0n) is 23.7. The van der Waals surface area contributed by atoms with Gasteiger partial charge in [-0.3, -0.25) is 15.2 Å². The number of amides is 1. The number of carbonyl (C=O) groups excluding carboxylic acids is 1. The van der Waals surface area contributed by atoms with Gasteiger partial charge in [0.15, 0.2) is 5.82 Å². The normalized spacial score (nSPS) is 16.2. The number of carboxylic acids is 1. The number of carbonyl (C=O) groups is 2. The third kappa shape index (κ3) is 9.29. The first-order valence-corrected chi connectivity index (χ1v) is 14.4. The van der Waals surface area contributed by atoms with Crippen LogP contribution in [0.5, 0.6) is 0 Å². The summed E-state index contributed by atoms with van der Waals surface area (Å²) in [5, 5.41) is 22.1. The number of nitrogens with zero attached hydrogens (tertiary/aromatic N) is 4. The molecule has 13 heteroatoms. The maximum atomic E-state index is 13.2. The van der Waals surface area contributed by atoms with Crippen LogP contribution >= 0.6 is 11.6 Å². The van der Waals surface area contributed by atoms with E-state index in [1.54, 1.807) is 5.01 Å². The molecule has 0 radical (unpaired) electrons. The Hall–Kier alpha value is -3.43. The summed E-state index contributed by atoms with van der Waals surface area (Å²) >= 11 is 6.37. The number of anilines is 1. The van der Waals surface area contributed by atoms with Crippen molar-refractivity contribution in [3.8, 4) is 6.07 Å². The molecule has 2 aromatic rings. The predicted octanol–water partition coefficient (Wildman–Crippen LogP) is 6.18. The highest BCUT2D eigenvalue weighted by Crippen LogP contribution is 2.33. The summed E-state index contributed by atoms with van der Waals surface area (Å²) in [7, 11) is 0. The number of nitriles is 1. The average Bonchev–Trinajstić information content (AvgIpc) is 3.51. The van der Waals surface area contributed by atoms with Crippen LogP contribution in [0, 0.1) is 17.2 Å². The van der Waals surface area contributed by atoms with Crippen LogP contribution in [0.3, 0.4) is 0 Å². The second-order valence-corrected chi connectivity index (χ2v) is 11.5. The van der Waals surface area contributed by atoms with E-state index in [0.717, 1.165) is 37.8 Å². The topological polar surface area (TPSA) is 131 Å². The van der Waals surface area contributed by atoms with Gasteiger partial charge in [-0.1, -0.05) is 55.8 Å². The lowest BCUT2D eigenvalue weighted by molar-refractivity contribution is -0.192. The van der Waals surface area contributed by atoms with Crippen molar-refractivity contribution in [3.05, 3.63) is 52.4 Å². The number of aromatic nitrogens is 2. The molecule has 2 fully saturated rings. The third-order valence-electron chi connectivity index (χ3n) is 7.80. The maximum Gasteiger partial charge on any atom is 0.490 e. The highest BCUT2D eigenvalue weighted by atomic mass is 35.5. The van der Waals surface area contributed by atoms with Crippen molar-refractivity contribution in [2.75, 3.05) is 5.01 Å². The monoisotopic (exact) mass is 608 g/mol. The highest BCUT2D eigenvalue weighted by Gasteiger charge is 2.38. The number of hydrogen-bond donors (Lipinski definition) is 3. The van der Waals surface area contributed by atoms with Gasteiger partial charge in [-0.05, 0) is 63.1 Å². The van der Waals surface area contributed by atoms with Gasteiger partial charge in [0.05, 0.1) is 12.2 Å². The van der Waals surface area contributed by atoms with Crippen molar-refractivity contribution in [2.24, 2.45) is 5.92 Å². The maximum absolute atomic E-state index is 13.2. The third-order valence-corrected chi connectivity index (χ3v) is 8.06. The summed E-state index contributed by atoms with van der Waals surface area (Å²) in [5.74, 6) is -1.89. The number of rotatable bonds is 8. The lowest BCUT2D eigenvalue weighted by Gasteiger charge is -2.38. The van der Waals surface area contributed by atoms with Gasteiger partial charge in [0, 0.05) is 17.6 Å². The van der Waals surface area contributed by atoms with E-state index in [4.69, 9.17) is 21.5 Å². The quantitative estimate of drug-likeness (QED) is 0.303. The van der Waals surface area contributed by atoms with E-state index >= 15 is 0 Å². The van der Waals surface area contributed by atoms with Crippen molar-refractivity contribution < 1.29 is 27.9 Å². The molecule has 2 aliphatic rings. The molecule has 0 atom stereocenters. The lowest BCUT2D eigenvalue weighted by atomic mass is 9.76. The average molecular weight is 609 g/mol. The first kappa shape index (κ1) is 33.1. The van der Waals surface area contributed by atoms with Crippen LogP contribution in [0.1, 0.15) is 93.4 Å². The van der Waals surface area contributed by atoms with Gasteiger partial charge >= 0.3 is 12.1 Å². The molecule has 3 N–H and O–H groups in total. The molecule has 1 aromatic heterocycles. The van der Waals surface area contributed by atoms with E-state index in [1.807, 2.05) is 30.3 Å². The lowest BCUT2D eigenvalue weighted by Crippen LogP contribution is -2.48. The molecular formula is C29H36ClF3N6O3. The second-order valence-electron chi connectivity index (χ2n) is 11.1. The van der Waals surface area contributed by atoms with Gasteiger partial charge in [-0.25, -0.2) is 9.78 Å². The molecule has 4 rings (SSSR count). The summed E-state index contributed by atoms with van der Waals surface area (Å²) in [4.78, 5) is 30.3. The number of alkyl halides is 3. The van der Waals surface area contributed by atoms with Crippen molar-refractivity contribution in [1.82, 2.24) is 20.7 Å². The molecule has 1 heterocycles. The Morgan fingerprint density at radius 2 is 1.64 bits per heavy atom. The number of nitrogens with one attached hydrogen (secondary N) is 2. The molecule has 0 spiro atoms. The van der Waals surface area contributed by atoms with Gasteiger partial charge in [-0.2, -0.15) is 23.4 Å². The largest absolute Gasteiger partial charge is 0.490 e. The minimum Gasteiger partial charge on any atom is -0.475 e. The van der Waals surface area contributed by atoms with E-state index in [-0.39, 0.29) is 23.3 Å². The van der Waals surface area contributed by atoms with Crippen LogP contribution in [0.25, 0.3) is 0 Å². The summed E-state index contributed by atoms with van der Waals surface area (Å²) in [6.07, 6.45) is 6.92. The molecule has 42 heavy (non-hydrogen) atoms. The van der Waals surface area contributed by atoms with Crippen molar-refractivity contribution in [2.45, 2.75) is 95.9 Å². The van der Waals surface area contributed by atoms with Crippen LogP contribution in [0.4, 0.5) is 19.0 Å². The molecule has 1 amide bonds. The summed E-state index contributed by atoms with van der Waals surface area (Å²) in [5.41, 5.74) is 4.80. The predicted molar refractivity (Wildman–Crippen MR) is 152 cm³/mol. The fraction of sp³-hybridized carbons (Fsp3) is 0.552. The highest BCUT2D eigenvalue weighted by molar-refractivity contribution is 6.32. The van der Waals surface area contributed by atoms with E-state index < -0.39 is 12.1 Å². The Kier molecular flexibility index (Phi) is 11.5. The molecule has 0 unspecified atom stereocenters. The summed E-state index contributed by atoms with van der Waals surface area (Å²) in [6, 6.07) is 9.74. The minimum atomic E-state index is -5.08. The smallest absolute Gasteiger partial charge is 0.475 e. The zero-order valence-corrected chi connectivity index (χ0v) is 24.4. The van der Waals surface area contributed by atoms with Crippen LogP contribution in [-0.2, 0) is 11.3 Å². The van der Waals surface area contributed by atoms with Crippen molar-refractivity contribution >= 4 is 29.3 Å². The Labute approximate surface area is 248 Å². The molecule has 9 nitrogen and oxygen atoms in total. The Morgan fingerprint density at radius 1 is 1.07 bits per heavy atom. The molecular weight excluding hydrogens is 573 g/mol. The number of aliphatic carboxylic acids is 1. The van der Waals surface area contributed by atoms with Gasteiger partial charge in [0.2, 0.25) is 5.82 Å². The SMILES string of the molecule is CC(C)(NCc1ccc(C(=O)NN(c2nc(C#N)ncc2Cl)C2CCCC2)cc1)C1CCCCC1.O=C(O)C(F)(F)F. The summed E-state index contributed by atoms with van der Waals surface area (Å²) in [6.45, 7) is 5.38. The van der Waals surface area contributed by atoms with Gasteiger partial charge in [0.1, 0.15) is 11.1 Å². The first-order chi connectivity index (χ1) is 19.8. The number of benzene rings is 1. The fourth-order valence-corrected chi connectivity index (χ4v) is 5.49. The first-order valence-electron chi connectivity index (χ1n) is 14.0. The summed E-state index contributed by atoms with van der Waals surface area (Å²) < 4.78 is 31.7. The van der Waals surface area contributed by atoms with Crippen LogP contribution in [-0.4, -0.2) is 44.7 Å². The van der Waals surface area contributed by atoms with E-state index in [0.29, 0.717) is 22.3 Å². The fourth-order valence-electron chi connectivity index (χ4n) is 5.31. The Morgan fingerprint density at radius 3 is 2.19 bits per heavy atom. The van der Waals surface area contributed by atoms with E-state index in [2.05, 4.69) is 34.6 Å². The second kappa shape index (κ2) is 14.6. The molecule has 0 bridgehead atoms. The standard InChI is InChI=1S/C27H35ClN6O.C2HF3O2/c1-27(2,21-8-4-3-5-9-21)31-17-19-12-14-20(15-13-19)26(35)33-34(22-10-6-7-11-22)25-23(28)18-30-24(16-29)32-25;3-2(4,5)1(6)7/h12-15,18,21-22,31H,3-11,17H2,1-2H3,(H,33,35);(H,6,7). The molecule has 228 valence electrons. The van der Waals surface area contributed by atoms with Crippen LogP contribution in [0.2, 0.25) is 5.02 Å². The molecule has 2 saturated carbocycles. The van der Waals surface area contributed by atoms with Gasteiger partial charge < -0.3 is 10.4 Å². The van der Waals surface area contributed by atoms with Crippen molar-refractivity contribution in [1.29, 1.82) is 5.26 Å². The Bertz CT molecular complexity index is 1250. The van der Waals surface area contributed by atoms with E-state index in [9.17, 15) is 23.2 Å². The van der Waals surface area contributed by atoms with Gasteiger partial charge in [0.25, 0.3) is 5.91 Å². The number of hydrogen-bond acceptors (Lipinski definition) is 7.